The lowest BCUT2D eigenvalue weighted by atomic mass is 9.89. The van der Waals surface area contributed by atoms with Crippen LogP contribution in [0.5, 0.6) is 0 Å². The average Bonchev–Trinajstić information content (AvgIpc) is 2.91. The average molecular weight is 196 g/mol. The Morgan fingerprint density at radius 3 is 2.86 bits per heavy atom. The Labute approximate surface area is 87.8 Å². The maximum Gasteiger partial charge on any atom is 0.00179 e. The summed E-state index contributed by atoms with van der Waals surface area (Å²) in [5.74, 6) is 1.94. The smallest absolute Gasteiger partial charge is 0.00179 e. The number of hydrogen-bond donors (Lipinski definition) is 2. The monoisotopic (exact) mass is 196 g/mol. The fourth-order valence-electron chi connectivity index (χ4n) is 2.45. The van der Waals surface area contributed by atoms with Crippen LogP contribution in [0.25, 0.3) is 0 Å². The van der Waals surface area contributed by atoms with E-state index in [2.05, 4.69) is 24.5 Å². The summed E-state index contributed by atoms with van der Waals surface area (Å²) in [7, 11) is 0. The summed E-state index contributed by atoms with van der Waals surface area (Å²) in [5.41, 5.74) is 0.517. The Bertz CT molecular complexity index is 181. The standard InChI is InChI=1S/C12H24N2/c1-10(11-3-4-11)7-14-9-12(2)5-6-13-8-12/h10-11,13-14H,3-9H2,1-2H3. The molecule has 2 unspecified atom stereocenters. The first-order chi connectivity index (χ1) is 6.70. The molecule has 1 saturated carbocycles. The molecule has 2 aliphatic rings. The Morgan fingerprint density at radius 2 is 2.29 bits per heavy atom. The summed E-state index contributed by atoms with van der Waals surface area (Å²) in [4.78, 5) is 0. The van der Waals surface area contributed by atoms with E-state index in [1.165, 1.54) is 45.4 Å². The highest BCUT2D eigenvalue weighted by atomic mass is 15.0. The van der Waals surface area contributed by atoms with Crippen molar-refractivity contribution in [3.05, 3.63) is 0 Å². The second kappa shape index (κ2) is 4.19. The van der Waals surface area contributed by atoms with Crippen molar-refractivity contribution in [1.82, 2.24) is 10.6 Å². The zero-order chi connectivity index (χ0) is 10.0. The summed E-state index contributed by atoms with van der Waals surface area (Å²) in [5, 5.41) is 7.10. The molecule has 0 aromatic carbocycles. The molecule has 1 aliphatic heterocycles. The Balaban J connectivity index is 1.61. The van der Waals surface area contributed by atoms with Crippen molar-refractivity contribution < 1.29 is 0 Å². The maximum atomic E-state index is 3.65. The van der Waals surface area contributed by atoms with Crippen LogP contribution in [0.2, 0.25) is 0 Å². The molecular formula is C12H24N2. The van der Waals surface area contributed by atoms with Gasteiger partial charge in [0.2, 0.25) is 0 Å². The van der Waals surface area contributed by atoms with Gasteiger partial charge in [-0.05, 0) is 49.6 Å². The van der Waals surface area contributed by atoms with Crippen molar-refractivity contribution in [3.63, 3.8) is 0 Å². The SMILES string of the molecule is CC(CNCC1(C)CCNC1)C1CC1. The summed E-state index contributed by atoms with van der Waals surface area (Å²) < 4.78 is 0. The molecule has 0 bridgehead atoms. The molecule has 2 atom stereocenters. The van der Waals surface area contributed by atoms with Gasteiger partial charge in [0, 0.05) is 13.1 Å². The lowest BCUT2D eigenvalue weighted by Gasteiger charge is -2.24. The van der Waals surface area contributed by atoms with Crippen molar-refractivity contribution >= 4 is 0 Å². The first-order valence-corrected chi connectivity index (χ1v) is 6.11. The van der Waals surface area contributed by atoms with Gasteiger partial charge in [0.1, 0.15) is 0 Å². The predicted molar refractivity (Wildman–Crippen MR) is 60.4 cm³/mol. The molecule has 2 heteroatoms. The van der Waals surface area contributed by atoms with Gasteiger partial charge in [-0.25, -0.2) is 0 Å². The molecule has 14 heavy (non-hydrogen) atoms. The van der Waals surface area contributed by atoms with Crippen molar-refractivity contribution in [2.45, 2.75) is 33.1 Å². The van der Waals surface area contributed by atoms with Crippen LogP contribution < -0.4 is 10.6 Å². The van der Waals surface area contributed by atoms with E-state index in [9.17, 15) is 0 Å². The number of nitrogens with one attached hydrogen (secondary N) is 2. The van der Waals surface area contributed by atoms with Crippen LogP contribution in [0.1, 0.15) is 33.1 Å². The fourth-order valence-corrected chi connectivity index (χ4v) is 2.45. The summed E-state index contributed by atoms with van der Waals surface area (Å²) in [6, 6.07) is 0. The second-order valence-electron chi connectivity index (χ2n) is 5.68. The van der Waals surface area contributed by atoms with Crippen molar-refractivity contribution in [1.29, 1.82) is 0 Å². The minimum atomic E-state index is 0.517. The van der Waals surface area contributed by atoms with Gasteiger partial charge in [-0.2, -0.15) is 0 Å². The first-order valence-electron chi connectivity index (χ1n) is 6.11. The molecule has 0 spiro atoms. The molecular weight excluding hydrogens is 172 g/mol. The third-order valence-electron chi connectivity index (χ3n) is 3.90. The van der Waals surface area contributed by atoms with Gasteiger partial charge in [0.15, 0.2) is 0 Å². The second-order valence-corrected chi connectivity index (χ2v) is 5.68. The van der Waals surface area contributed by atoms with Gasteiger partial charge in [-0.15, -0.1) is 0 Å². The molecule has 0 aromatic heterocycles. The predicted octanol–water partition coefficient (Wildman–Crippen LogP) is 1.62. The zero-order valence-electron chi connectivity index (χ0n) is 9.60. The molecule has 1 aliphatic carbocycles. The van der Waals surface area contributed by atoms with Crippen LogP contribution in [-0.2, 0) is 0 Å². The van der Waals surface area contributed by atoms with Crippen LogP contribution in [0, 0.1) is 17.3 Å². The van der Waals surface area contributed by atoms with Crippen LogP contribution >= 0.6 is 0 Å². The van der Waals surface area contributed by atoms with E-state index >= 15 is 0 Å². The fraction of sp³-hybridized carbons (Fsp3) is 1.00. The normalized spacial score (nSPS) is 34.7. The van der Waals surface area contributed by atoms with Crippen LogP contribution in [0.4, 0.5) is 0 Å². The topological polar surface area (TPSA) is 24.1 Å². The Kier molecular flexibility index (Phi) is 3.13. The lowest BCUT2D eigenvalue weighted by molar-refractivity contribution is 0.323. The molecule has 2 nitrogen and oxygen atoms in total. The summed E-state index contributed by atoms with van der Waals surface area (Å²) in [6.45, 7) is 9.59. The molecule has 82 valence electrons. The lowest BCUT2D eigenvalue weighted by Crippen LogP contribution is -2.35. The maximum absolute atomic E-state index is 3.65. The van der Waals surface area contributed by atoms with Crippen molar-refractivity contribution in [2.75, 3.05) is 26.2 Å². The highest BCUT2D eigenvalue weighted by Crippen LogP contribution is 2.36. The molecule has 2 fully saturated rings. The van der Waals surface area contributed by atoms with Crippen LogP contribution in [0.3, 0.4) is 0 Å². The van der Waals surface area contributed by atoms with E-state index in [1.807, 2.05) is 0 Å². The molecule has 0 radical (unpaired) electrons. The zero-order valence-corrected chi connectivity index (χ0v) is 9.60. The van der Waals surface area contributed by atoms with Gasteiger partial charge < -0.3 is 10.6 Å². The van der Waals surface area contributed by atoms with E-state index in [4.69, 9.17) is 0 Å². The van der Waals surface area contributed by atoms with Crippen molar-refractivity contribution in [3.8, 4) is 0 Å². The molecule has 1 heterocycles. The van der Waals surface area contributed by atoms with E-state index in [0.29, 0.717) is 5.41 Å². The number of rotatable bonds is 5. The van der Waals surface area contributed by atoms with E-state index in [-0.39, 0.29) is 0 Å². The minimum absolute atomic E-state index is 0.517. The molecule has 2 rings (SSSR count). The Hall–Kier alpha value is -0.0800. The third kappa shape index (κ3) is 2.71. The van der Waals surface area contributed by atoms with Crippen LogP contribution in [0.15, 0.2) is 0 Å². The summed E-state index contributed by atoms with van der Waals surface area (Å²) >= 11 is 0. The van der Waals surface area contributed by atoms with Crippen LogP contribution in [-0.4, -0.2) is 26.2 Å². The van der Waals surface area contributed by atoms with Gasteiger partial charge in [-0.1, -0.05) is 13.8 Å². The molecule has 1 saturated heterocycles. The van der Waals surface area contributed by atoms with Gasteiger partial charge in [0.25, 0.3) is 0 Å². The van der Waals surface area contributed by atoms with E-state index in [1.54, 1.807) is 0 Å². The summed E-state index contributed by atoms with van der Waals surface area (Å²) in [6.07, 6.45) is 4.28. The number of hydrogen-bond acceptors (Lipinski definition) is 2. The Morgan fingerprint density at radius 1 is 1.50 bits per heavy atom. The molecule has 0 amide bonds. The van der Waals surface area contributed by atoms with Crippen molar-refractivity contribution in [2.24, 2.45) is 17.3 Å². The van der Waals surface area contributed by atoms with E-state index < -0.39 is 0 Å². The molecule has 2 N–H and O–H groups in total. The van der Waals surface area contributed by atoms with Gasteiger partial charge in [-0.3, -0.25) is 0 Å². The minimum Gasteiger partial charge on any atom is -0.316 e. The van der Waals surface area contributed by atoms with Gasteiger partial charge >= 0.3 is 0 Å². The first kappa shape index (κ1) is 10.4. The van der Waals surface area contributed by atoms with E-state index in [0.717, 1.165) is 11.8 Å². The highest BCUT2D eigenvalue weighted by molar-refractivity contribution is 4.86. The highest BCUT2D eigenvalue weighted by Gasteiger charge is 2.30. The molecule has 0 aromatic rings. The van der Waals surface area contributed by atoms with Gasteiger partial charge in [0.05, 0.1) is 0 Å². The largest absolute Gasteiger partial charge is 0.316 e. The third-order valence-corrected chi connectivity index (χ3v) is 3.90. The quantitative estimate of drug-likeness (QED) is 0.698.